The topological polar surface area (TPSA) is 53.5 Å². The molecule has 2 aromatic rings. The minimum absolute atomic E-state index is 0.349. The number of nitrogens with zero attached hydrogens (tertiary/aromatic N) is 2. The van der Waals surface area contributed by atoms with Crippen LogP contribution < -0.4 is 14.2 Å². The summed E-state index contributed by atoms with van der Waals surface area (Å²) in [6, 6.07) is 6.80. The number of rotatable bonds is 5. The molecule has 0 spiro atoms. The first-order chi connectivity index (χ1) is 9.64. The highest BCUT2D eigenvalue weighted by atomic mass is 35.5. The van der Waals surface area contributed by atoms with Gasteiger partial charge in [0.2, 0.25) is 5.88 Å². The zero-order chi connectivity index (χ0) is 14.5. The second kappa shape index (κ2) is 6.43. The van der Waals surface area contributed by atoms with Crippen LogP contribution in [0.25, 0.3) is 0 Å². The molecule has 0 bridgehead atoms. The Hall–Kier alpha value is -2.01. The van der Waals surface area contributed by atoms with Gasteiger partial charge < -0.3 is 14.2 Å². The third-order valence-corrected chi connectivity index (χ3v) is 2.77. The van der Waals surface area contributed by atoms with Crippen molar-refractivity contribution in [3.05, 3.63) is 35.2 Å². The highest BCUT2D eigenvalue weighted by molar-refractivity contribution is 6.29. The van der Waals surface area contributed by atoms with Crippen molar-refractivity contribution < 1.29 is 14.2 Å². The fourth-order valence-electron chi connectivity index (χ4n) is 1.61. The number of ether oxygens (including phenoxy) is 3. The number of aromatic nitrogens is 2. The van der Waals surface area contributed by atoms with Crippen LogP contribution in [0, 0.1) is 0 Å². The van der Waals surface area contributed by atoms with Gasteiger partial charge in [-0.3, -0.25) is 0 Å². The summed E-state index contributed by atoms with van der Waals surface area (Å²) < 4.78 is 16.1. The summed E-state index contributed by atoms with van der Waals surface area (Å²) in [5.74, 6) is 2.84. The van der Waals surface area contributed by atoms with E-state index < -0.39 is 0 Å². The van der Waals surface area contributed by atoms with Crippen LogP contribution >= 0.6 is 11.6 Å². The predicted molar refractivity (Wildman–Crippen MR) is 76.0 cm³/mol. The van der Waals surface area contributed by atoms with Gasteiger partial charge in [0.05, 0.1) is 14.2 Å². The van der Waals surface area contributed by atoms with Gasteiger partial charge >= 0.3 is 0 Å². The maximum Gasteiger partial charge on any atom is 0.224 e. The molecule has 1 aromatic carbocycles. The van der Waals surface area contributed by atoms with Gasteiger partial charge in [-0.15, -0.1) is 0 Å². The summed E-state index contributed by atoms with van der Waals surface area (Å²) in [6.07, 6.45) is 0.679. The van der Waals surface area contributed by atoms with Crippen LogP contribution in [0.1, 0.15) is 12.7 Å². The highest BCUT2D eigenvalue weighted by Gasteiger charge is 2.07. The van der Waals surface area contributed by atoms with E-state index in [9.17, 15) is 0 Å². The van der Waals surface area contributed by atoms with Gasteiger partial charge in [-0.1, -0.05) is 18.5 Å². The largest absolute Gasteiger partial charge is 0.496 e. The Balaban J connectivity index is 2.31. The van der Waals surface area contributed by atoms with E-state index >= 15 is 0 Å². The lowest BCUT2D eigenvalue weighted by atomic mass is 10.3. The van der Waals surface area contributed by atoms with Crippen LogP contribution in [-0.2, 0) is 6.42 Å². The normalized spacial score (nSPS) is 10.2. The number of hydrogen-bond acceptors (Lipinski definition) is 5. The van der Waals surface area contributed by atoms with E-state index in [-0.39, 0.29) is 0 Å². The zero-order valence-electron chi connectivity index (χ0n) is 11.5. The van der Waals surface area contributed by atoms with Crippen molar-refractivity contribution in [2.24, 2.45) is 0 Å². The van der Waals surface area contributed by atoms with Crippen molar-refractivity contribution >= 4 is 11.6 Å². The molecule has 0 saturated heterocycles. The van der Waals surface area contributed by atoms with Gasteiger partial charge in [0.15, 0.2) is 0 Å². The monoisotopic (exact) mass is 294 g/mol. The molecule has 0 amide bonds. The maximum absolute atomic E-state index is 5.93. The average molecular weight is 295 g/mol. The fraction of sp³-hybridized carbons (Fsp3) is 0.286. The van der Waals surface area contributed by atoms with Gasteiger partial charge in [-0.2, -0.15) is 4.98 Å². The molecule has 0 aliphatic rings. The van der Waals surface area contributed by atoms with Crippen LogP contribution in [-0.4, -0.2) is 24.2 Å². The Bertz CT molecular complexity index is 583. The second-order valence-electron chi connectivity index (χ2n) is 3.95. The molecular weight excluding hydrogens is 280 g/mol. The second-order valence-corrected chi connectivity index (χ2v) is 4.34. The van der Waals surface area contributed by atoms with Crippen molar-refractivity contribution in [1.82, 2.24) is 9.97 Å². The molecule has 0 unspecified atom stereocenters. The summed E-state index contributed by atoms with van der Waals surface area (Å²) in [4.78, 5) is 8.35. The Morgan fingerprint density at radius 3 is 2.10 bits per heavy atom. The summed E-state index contributed by atoms with van der Waals surface area (Å²) >= 11 is 5.93. The summed E-state index contributed by atoms with van der Waals surface area (Å²) in [7, 11) is 3.16. The number of hydrogen-bond donors (Lipinski definition) is 0. The zero-order valence-corrected chi connectivity index (χ0v) is 12.3. The Morgan fingerprint density at radius 1 is 0.950 bits per heavy atom. The smallest absolute Gasteiger partial charge is 0.224 e. The minimum atomic E-state index is 0.349. The van der Waals surface area contributed by atoms with E-state index in [0.717, 1.165) is 0 Å². The molecule has 0 atom stereocenters. The molecule has 20 heavy (non-hydrogen) atoms. The standard InChI is InChI=1S/C14H15ClN2O3/c1-4-13-16-12(15)8-14(17-13)20-11-6-9(18-2)5-10(7-11)19-3/h5-8H,4H2,1-3H3. The molecule has 0 saturated carbocycles. The molecule has 0 aliphatic heterocycles. The van der Waals surface area contributed by atoms with Gasteiger partial charge in [0.1, 0.15) is 28.2 Å². The van der Waals surface area contributed by atoms with E-state index in [1.165, 1.54) is 0 Å². The van der Waals surface area contributed by atoms with Gasteiger partial charge in [-0.25, -0.2) is 4.98 Å². The maximum atomic E-state index is 5.93. The van der Waals surface area contributed by atoms with Crippen LogP contribution in [0.4, 0.5) is 0 Å². The number of halogens is 1. The number of benzene rings is 1. The lowest BCUT2D eigenvalue weighted by Gasteiger charge is -2.10. The molecule has 0 aliphatic carbocycles. The van der Waals surface area contributed by atoms with Crippen molar-refractivity contribution in [2.75, 3.05) is 14.2 Å². The first-order valence-corrected chi connectivity index (χ1v) is 6.46. The molecule has 1 aromatic heterocycles. The lowest BCUT2D eigenvalue weighted by Crippen LogP contribution is -1.97. The fourth-order valence-corrected chi connectivity index (χ4v) is 1.80. The quantitative estimate of drug-likeness (QED) is 0.790. The van der Waals surface area contributed by atoms with E-state index in [1.807, 2.05) is 6.92 Å². The van der Waals surface area contributed by atoms with Crippen LogP contribution in [0.15, 0.2) is 24.3 Å². The molecule has 0 fully saturated rings. The summed E-state index contributed by atoms with van der Waals surface area (Å²) in [5, 5.41) is 0.349. The molecule has 5 nitrogen and oxygen atoms in total. The Kier molecular flexibility index (Phi) is 4.63. The van der Waals surface area contributed by atoms with E-state index in [2.05, 4.69) is 9.97 Å². The SMILES string of the molecule is CCc1nc(Cl)cc(Oc2cc(OC)cc(OC)c2)n1. The first kappa shape index (κ1) is 14.4. The van der Waals surface area contributed by atoms with Crippen molar-refractivity contribution in [3.63, 3.8) is 0 Å². The van der Waals surface area contributed by atoms with E-state index in [1.54, 1.807) is 38.5 Å². The molecular formula is C14H15ClN2O3. The molecule has 1 heterocycles. The van der Waals surface area contributed by atoms with E-state index in [4.69, 9.17) is 25.8 Å². The third-order valence-electron chi connectivity index (χ3n) is 2.58. The summed E-state index contributed by atoms with van der Waals surface area (Å²) in [5.41, 5.74) is 0. The minimum Gasteiger partial charge on any atom is -0.496 e. The van der Waals surface area contributed by atoms with Crippen molar-refractivity contribution in [2.45, 2.75) is 13.3 Å². The molecule has 0 radical (unpaired) electrons. The molecule has 106 valence electrons. The number of aryl methyl sites for hydroxylation is 1. The summed E-state index contributed by atoms with van der Waals surface area (Å²) in [6.45, 7) is 1.95. The van der Waals surface area contributed by atoms with Crippen LogP contribution in [0.5, 0.6) is 23.1 Å². The van der Waals surface area contributed by atoms with Gasteiger partial charge in [0.25, 0.3) is 0 Å². The Morgan fingerprint density at radius 2 is 1.55 bits per heavy atom. The van der Waals surface area contributed by atoms with Crippen molar-refractivity contribution in [1.29, 1.82) is 0 Å². The first-order valence-electron chi connectivity index (χ1n) is 6.09. The predicted octanol–water partition coefficient (Wildman–Crippen LogP) is 3.50. The van der Waals surface area contributed by atoms with Crippen LogP contribution in [0.3, 0.4) is 0 Å². The molecule has 6 heteroatoms. The lowest BCUT2D eigenvalue weighted by molar-refractivity contribution is 0.384. The van der Waals surface area contributed by atoms with E-state index in [0.29, 0.717) is 40.5 Å². The molecule has 0 N–H and O–H groups in total. The number of methoxy groups -OCH3 is 2. The van der Waals surface area contributed by atoms with Crippen LogP contribution in [0.2, 0.25) is 5.15 Å². The molecule has 2 rings (SSSR count). The van der Waals surface area contributed by atoms with Gasteiger partial charge in [-0.05, 0) is 0 Å². The highest BCUT2D eigenvalue weighted by Crippen LogP contribution is 2.30. The van der Waals surface area contributed by atoms with Crippen molar-refractivity contribution in [3.8, 4) is 23.1 Å². The third kappa shape index (κ3) is 3.51. The Labute approximate surface area is 122 Å². The van der Waals surface area contributed by atoms with Gasteiger partial charge in [0, 0.05) is 30.7 Å². The average Bonchev–Trinajstić information content (AvgIpc) is 2.46.